The third-order valence-electron chi connectivity index (χ3n) is 4.73. The van der Waals surface area contributed by atoms with Crippen LogP contribution in [0.2, 0.25) is 0 Å². The summed E-state index contributed by atoms with van der Waals surface area (Å²) in [5.41, 5.74) is 1.87. The summed E-state index contributed by atoms with van der Waals surface area (Å²) in [5.74, 6) is -0.496. The number of ether oxygens (including phenoxy) is 1. The first kappa shape index (κ1) is 12.8. The molecule has 0 N–H and O–H groups in total. The fourth-order valence-electron chi connectivity index (χ4n) is 3.57. The SMILES string of the molecule is CC(C)c1ccc(N2C(=O)C3C4C=CC(O4)C3C2=O)cc1. The Morgan fingerprint density at radius 3 is 1.95 bits per heavy atom. The lowest BCUT2D eigenvalue weighted by Gasteiger charge is -2.18. The van der Waals surface area contributed by atoms with Crippen LogP contribution in [0.25, 0.3) is 0 Å². The van der Waals surface area contributed by atoms with Crippen LogP contribution in [0.4, 0.5) is 5.69 Å². The third kappa shape index (κ3) is 1.65. The zero-order chi connectivity index (χ0) is 14.7. The molecular formula is C17H17NO3. The quantitative estimate of drug-likeness (QED) is 0.618. The zero-order valence-corrected chi connectivity index (χ0v) is 12.0. The average molecular weight is 283 g/mol. The van der Waals surface area contributed by atoms with E-state index < -0.39 is 0 Å². The van der Waals surface area contributed by atoms with Gasteiger partial charge in [-0.2, -0.15) is 0 Å². The molecule has 3 heterocycles. The van der Waals surface area contributed by atoms with Crippen LogP contribution in [0, 0.1) is 11.8 Å². The second-order valence-electron chi connectivity index (χ2n) is 6.26. The molecule has 4 heteroatoms. The van der Waals surface area contributed by atoms with Crippen LogP contribution in [0.5, 0.6) is 0 Å². The van der Waals surface area contributed by atoms with Crippen LogP contribution in [0.1, 0.15) is 25.3 Å². The van der Waals surface area contributed by atoms with Gasteiger partial charge in [0.25, 0.3) is 0 Å². The van der Waals surface area contributed by atoms with Crippen LogP contribution in [-0.2, 0) is 14.3 Å². The molecule has 2 amide bonds. The van der Waals surface area contributed by atoms with Crippen molar-refractivity contribution in [3.05, 3.63) is 42.0 Å². The highest BCUT2D eigenvalue weighted by molar-refractivity contribution is 6.23. The van der Waals surface area contributed by atoms with Crippen LogP contribution >= 0.6 is 0 Å². The Balaban J connectivity index is 1.68. The number of anilines is 1. The van der Waals surface area contributed by atoms with Crippen molar-refractivity contribution in [2.45, 2.75) is 32.0 Å². The minimum absolute atomic E-state index is 0.126. The van der Waals surface area contributed by atoms with Gasteiger partial charge in [0.1, 0.15) is 0 Å². The normalized spacial score (nSPS) is 33.4. The number of benzene rings is 1. The van der Waals surface area contributed by atoms with E-state index in [9.17, 15) is 9.59 Å². The summed E-state index contributed by atoms with van der Waals surface area (Å²) in [4.78, 5) is 26.5. The van der Waals surface area contributed by atoms with E-state index in [1.807, 2.05) is 36.4 Å². The van der Waals surface area contributed by atoms with Gasteiger partial charge in [-0.25, -0.2) is 4.90 Å². The third-order valence-corrected chi connectivity index (χ3v) is 4.73. The summed E-state index contributed by atoms with van der Waals surface area (Å²) >= 11 is 0. The number of amides is 2. The number of nitrogens with zero attached hydrogens (tertiary/aromatic N) is 1. The fraction of sp³-hybridized carbons (Fsp3) is 0.412. The maximum absolute atomic E-state index is 12.6. The van der Waals surface area contributed by atoms with Crippen molar-refractivity contribution in [2.75, 3.05) is 4.90 Å². The number of carbonyl (C=O) groups is 2. The molecule has 3 aliphatic rings. The molecule has 21 heavy (non-hydrogen) atoms. The first-order valence-corrected chi connectivity index (χ1v) is 7.39. The predicted molar refractivity (Wildman–Crippen MR) is 77.8 cm³/mol. The van der Waals surface area contributed by atoms with Crippen molar-refractivity contribution in [1.29, 1.82) is 0 Å². The van der Waals surface area contributed by atoms with E-state index in [2.05, 4.69) is 13.8 Å². The van der Waals surface area contributed by atoms with Gasteiger partial charge >= 0.3 is 0 Å². The van der Waals surface area contributed by atoms with E-state index in [0.717, 1.165) is 0 Å². The largest absolute Gasteiger partial charge is 0.365 e. The van der Waals surface area contributed by atoms with Gasteiger partial charge in [0.2, 0.25) is 11.8 Å². The van der Waals surface area contributed by atoms with Gasteiger partial charge in [-0.3, -0.25) is 9.59 Å². The number of imide groups is 1. The van der Waals surface area contributed by atoms with Gasteiger partial charge in [0.05, 0.1) is 29.7 Å². The standard InChI is InChI=1S/C17H17NO3/c1-9(2)10-3-5-11(6-4-10)18-16(19)14-12-7-8-13(21-12)15(14)17(18)20/h3-9,12-15H,1-2H3. The maximum atomic E-state index is 12.6. The van der Waals surface area contributed by atoms with Crippen LogP contribution in [-0.4, -0.2) is 24.0 Å². The molecule has 0 spiro atoms. The van der Waals surface area contributed by atoms with E-state index >= 15 is 0 Å². The predicted octanol–water partition coefficient (Wildman–Crippen LogP) is 2.25. The summed E-state index contributed by atoms with van der Waals surface area (Å²) in [6, 6.07) is 7.70. The molecule has 4 rings (SSSR count). The van der Waals surface area contributed by atoms with E-state index in [4.69, 9.17) is 4.74 Å². The molecule has 0 aliphatic carbocycles. The van der Waals surface area contributed by atoms with Gasteiger partial charge in [-0.1, -0.05) is 38.1 Å². The summed E-state index contributed by atoms with van der Waals surface area (Å²) in [5, 5.41) is 0. The van der Waals surface area contributed by atoms with E-state index in [1.54, 1.807) is 0 Å². The summed E-state index contributed by atoms with van der Waals surface area (Å²) in [6.07, 6.45) is 3.36. The highest BCUT2D eigenvalue weighted by Gasteiger charge is 2.60. The molecule has 4 nitrogen and oxygen atoms in total. The molecule has 1 aromatic carbocycles. The fourth-order valence-corrected chi connectivity index (χ4v) is 3.57. The van der Waals surface area contributed by atoms with Crippen molar-refractivity contribution in [1.82, 2.24) is 0 Å². The Labute approximate surface area is 123 Å². The Hall–Kier alpha value is -1.94. The van der Waals surface area contributed by atoms with E-state index in [0.29, 0.717) is 11.6 Å². The molecule has 0 aromatic heterocycles. The first-order valence-electron chi connectivity index (χ1n) is 7.39. The van der Waals surface area contributed by atoms with Gasteiger partial charge in [0, 0.05) is 0 Å². The lowest BCUT2D eigenvalue weighted by molar-refractivity contribution is -0.124. The highest BCUT2D eigenvalue weighted by atomic mass is 16.5. The minimum Gasteiger partial charge on any atom is -0.365 e. The molecule has 2 saturated heterocycles. The molecule has 108 valence electrons. The summed E-state index contributed by atoms with van der Waals surface area (Å²) < 4.78 is 5.64. The average Bonchev–Trinajstić information content (AvgIpc) is 3.13. The van der Waals surface area contributed by atoms with Crippen LogP contribution in [0.15, 0.2) is 36.4 Å². The molecule has 4 atom stereocenters. The van der Waals surface area contributed by atoms with Crippen molar-refractivity contribution >= 4 is 17.5 Å². The molecular weight excluding hydrogens is 266 g/mol. The van der Waals surface area contributed by atoms with Gasteiger partial charge in [0.15, 0.2) is 0 Å². The lowest BCUT2D eigenvalue weighted by atomic mass is 9.85. The number of hydrogen-bond acceptors (Lipinski definition) is 3. The molecule has 0 saturated carbocycles. The zero-order valence-electron chi connectivity index (χ0n) is 12.0. The molecule has 1 aromatic rings. The van der Waals surface area contributed by atoms with Gasteiger partial charge < -0.3 is 4.74 Å². The smallest absolute Gasteiger partial charge is 0.240 e. The summed E-state index contributed by atoms with van der Waals surface area (Å²) in [7, 11) is 0. The second-order valence-corrected chi connectivity index (χ2v) is 6.26. The molecule has 4 unspecified atom stereocenters. The van der Waals surface area contributed by atoms with Crippen LogP contribution in [0.3, 0.4) is 0 Å². The van der Waals surface area contributed by atoms with E-state index in [-0.39, 0.29) is 35.9 Å². The van der Waals surface area contributed by atoms with Crippen molar-refractivity contribution in [3.63, 3.8) is 0 Å². The minimum atomic E-state index is -0.336. The van der Waals surface area contributed by atoms with Crippen molar-refractivity contribution in [2.24, 2.45) is 11.8 Å². The Kier molecular flexibility index (Phi) is 2.60. The lowest BCUT2D eigenvalue weighted by Crippen LogP contribution is -2.34. The van der Waals surface area contributed by atoms with Crippen molar-refractivity contribution < 1.29 is 14.3 Å². The molecule has 2 fully saturated rings. The summed E-state index contributed by atoms with van der Waals surface area (Å²) in [6.45, 7) is 4.23. The monoisotopic (exact) mass is 283 g/mol. The number of rotatable bonds is 2. The second kappa shape index (κ2) is 4.28. The van der Waals surface area contributed by atoms with Crippen LogP contribution < -0.4 is 4.90 Å². The van der Waals surface area contributed by atoms with E-state index in [1.165, 1.54) is 10.5 Å². The Bertz CT molecular complexity index is 617. The number of hydrogen-bond donors (Lipinski definition) is 0. The highest BCUT2D eigenvalue weighted by Crippen LogP contribution is 2.46. The van der Waals surface area contributed by atoms with Gasteiger partial charge in [-0.15, -0.1) is 0 Å². The topological polar surface area (TPSA) is 46.6 Å². The Morgan fingerprint density at radius 1 is 0.952 bits per heavy atom. The first-order chi connectivity index (χ1) is 10.1. The molecule has 2 bridgehead atoms. The molecule has 0 radical (unpaired) electrons. The maximum Gasteiger partial charge on any atom is 0.240 e. The Morgan fingerprint density at radius 2 is 1.48 bits per heavy atom. The number of carbonyl (C=O) groups excluding carboxylic acids is 2. The number of fused-ring (bicyclic) bond motifs is 5. The van der Waals surface area contributed by atoms with Crippen molar-refractivity contribution in [3.8, 4) is 0 Å². The molecule has 3 aliphatic heterocycles. The van der Waals surface area contributed by atoms with Gasteiger partial charge in [-0.05, 0) is 23.6 Å².